The summed E-state index contributed by atoms with van der Waals surface area (Å²) in [6.45, 7) is 1.93. The van der Waals surface area contributed by atoms with Crippen LogP contribution in [0.25, 0.3) is 5.69 Å². The van der Waals surface area contributed by atoms with E-state index in [1.807, 2.05) is 6.92 Å². The van der Waals surface area contributed by atoms with Gasteiger partial charge in [-0.05, 0) is 41.6 Å². The lowest BCUT2D eigenvalue weighted by Crippen LogP contribution is -2.17. The Labute approximate surface area is 103 Å². The second-order valence-corrected chi connectivity index (χ2v) is 4.67. The summed E-state index contributed by atoms with van der Waals surface area (Å²) in [5, 5.41) is 21.4. The first kappa shape index (κ1) is 11.9. The maximum atomic E-state index is 9.22. The molecular formula is C10H13N5OS. The molecule has 90 valence electrons. The molecule has 3 N–H and O–H groups in total. The van der Waals surface area contributed by atoms with Crippen molar-refractivity contribution >= 4 is 11.8 Å². The lowest BCUT2D eigenvalue weighted by molar-refractivity contribution is 0.475. The standard InChI is InChI=1S/C10H13N5OS/c1-7(11)6-17-10-12-13-14-15(10)8-2-4-9(16)5-3-8/h2-5,7,16H,6,11H2,1H3. The molecule has 17 heavy (non-hydrogen) atoms. The van der Waals surface area contributed by atoms with Crippen LogP contribution in [0.5, 0.6) is 5.75 Å². The van der Waals surface area contributed by atoms with Crippen LogP contribution in [0.3, 0.4) is 0 Å². The van der Waals surface area contributed by atoms with E-state index in [9.17, 15) is 5.11 Å². The molecule has 0 aliphatic heterocycles. The van der Waals surface area contributed by atoms with E-state index in [-0.39, 0.29) is 11.8 Å². The van der Waals surface area contributed by atoms with E-state index < -0.39 is 0 Å². The molecular weight excluding hydrogens is 238 g/mol. The summed E-state index contributed by atoms with van der Waals surface area (Å²) in [5.41, 5.74) is 6.49. The summed E-state index contributed by atoms with van der Waals surface area (Å²) < 4.78 is 1.62. The second kappa shape index (κ2) is 5.15. The number of benzene rings is 1. The number of nitrogens with two attached hydrogens (primary N) is 1. The summed E-state index contributed by atoms with van der Waals surface area (Å²) >= 11 is 1.50. The number of hydrogen-bond acceptors (Lipinski definition) is 6. The number of phenolic OH excluding ortho intramolecular Hbond substituents is 1. The molecule has 0 saturated heterocycles. The van der Waals surface area contributed by atoms with Crippen LogP contribution in [0.1, 0.15) is 6.92 Å². The number of rotatable bonds is 4. The van der Waals surface area contributed by atoms with Gasteiger partial charge in [0.1, 0.15) is 5.75 Å². The first-order chi connectivity index (χ1) is 8.16. The molecule has 0 aliphatic rings. The summed E-state index contributed by atoms with van der Waals surface area (Å²) in [5.74, 6) is 0.963. The smallest absolute Gasteiger partial charge is 0.214 e. The number of tetrazole rings is 1. The molecule has 2 rings (SSSR count). The van der Waals surface area contributed by atoms with Crippen molar-refractivity contribution in [1.29, 1.82) is 0 Å². The Kier molecular flexibility index (Phi) is 3.60. The van der Waals surface area contributed by atoms with Gasteiger partial charge in [0.2, 0.25) is 5.16 Å². The van der Waals surface area contributed by atoms with Crippen LogP contribution in [0.2, 0.25) is 0 Å². The van der Waals surface area contributed by atoms with E-state index in [2.05, 4.69) is 15.5 Å². The predicted molar refractivity (Wildman–Crippen MR) is 65.2 cm³/mol. The zero-order valence-corrected chi connectivity index (χ0v) is 10.1. The highest BCUT2D eigenvalue weighted by atomic mass is 32.2. The second-order valence-electron chi connectivity index (χ2n) is 3.68. The highest BCUT2D eigenvalue weighted by molar-refractivity contribution is 7.99. The van der Waals surface area contributed by atoms with Gasteiger partial charge in [-0.2, -0.15) is 4.68 Å². The predicted octanol–water partition coefficient (Wildman–Crippen LogP) is 0.807. The lowest BCUT2D eigenvalue weighted by atomic mass is 10.3. The van der Waals surface area contributed by atoms with E-state index in [1.54, 1.807) is 28.9 Å². The van der Waals surface area contributed by atoms with Crippen LogP contribution in [0, 0.1) is 0 Å². The van der Waals surface area contributed by atoms with Gasteiger partial charge in [0.05, 0.1) is 5.69 Å². The zero-order chi connectivity index (χ0) is 12.3. The fourth-order valence-electron chi connectivity index (χ4n) is 1.23. The molecule has 0 aliphatic carbocycles. The van der Waals surface area contributed by atoms with Crippen molar-refractivity contribution < 1.29 is 5.11 Å². The topological polar surface area (TPSA) is 89.9 Å². The Morgan fingerprint density at radius 3 is 2.76 bits per heavy atom. The Morgan fingerprint density at radius 2 is 2.12 bits per heavy atom. The number of aromatic hydroxyl groups is 1. The van der Waals surface area contributed by atoms with Crippen molar-refractivity contribution in [3.05, 3.63) is 24.3 Å². The van der Waals surface area contributed by atoms with E-state index in [1.165, 1.54) is 11.8 Å². The highest BCUT2D eigenvalue weighted by Gasteiger charge is 2.09. The number of nitrogens with zero attached hydrogens (tertiary/aromatic N) is 4. The molecule has 0 fully saturated rings. The third kappa shape index (κ3) is 2.95. The fraction of sp³-hybridized carbons (Fsp3) is 0.300. The minimum Gasteiger partial charge on any atom is -0.508 e. The summed E-state index contributed by atoms with van der Waals surface area (Å²) in [4.78, 5) is 0. The Bertz CT molecular complexity index is 482. The first-order valence-corrected chi connectivity index (χ1v) is 6.11. The van der Waals surface area contributed by atoms with Gasteiger partial charge in [-0.3, -0.25) is 0 Å². The lowest BCUT2D eigenvalue weighted by Gasteiger charge is -2.05. The molecule has 0 saturated carbocycles. The maximum Gasteiger partial charge on any atom is 0.214 e. The van der Waals surface area contributed by atoms with Crippen LogP contribution in [-0.4, -0.2) is 37.1 Å². The summed E-state index contributed by atoms with van der Waals surface area (Å²) in [6.07, 6.45) is 0. The molecule has 6 nitrogen and oxygen atoms in total. The van der Waals surface area contributed by atoms with Crippen LogP contribution in [-0.2, 0) is 0 Å². The van der Waals surface area contributed by atoms with Crippen LogP contribution in [0.4, 0.5) is 0 Å². The molecule has 1 unspecified atom stereocenters. The molecule has 1 heterocycles. The van der Waals surface area contributed by atoms with Gasteiger partial charge >= 0.3 is 0 Å². The average molecular weight is 251 g/mol. The Hall–Kier alpha value is -1.60. The van der Waals surface area contributed by atoms with Crippen molar-refractivity contribution in [2.24, 2.45) is 5.73 Å². The fourth-order valence-corrected chi connectivity index (χ4v) is 2.00. The monoisotopic (exact) mass is 251 g/mol. The number of thioether (sulfide) groups is 1. The number of phenols is 1. The Morgan fingerprint density at radius 1 is 1.41 bits per heavy atom. The molecule has 2 aromatic rings. The minimum atomic E-state index is 0.0879. The summed E-state index contributed by atoms with van der Waals surface area (Å²) in [6, 6.07) is 6.78. The molecule has 0 bridgehead atoms. The molecule has 1 aromatic heterocycles. The van der Waals surface area contributed by atoms with Gasteiger partial charge in [0.15, 0.2) is 0 Å². The van der Waals surface area contributed by atoms with Gasteiger partial charge < -0.3 is 10.8 Å². The van der Waals surface area contributed by atoms with E-state index >= 15 is 0 Å². The number of aromatic nitrogens is 4. The van der Waals surface area contributed by atoms with Gasteiger partial charge in [-0.25, -0.2) is 0 Å². The molecule has 7 heteroatoms. The van der Waals surface area contributed by atoms with Crippen molar-refractivity contribution in [2.45, 2.75) is 18.1 Å². The van der Waals surface area contributed by atoms with E-state index in [0.717, 1.165) is 11.4 Å². The van der Waals surface area contributed by atoms with E-state index in [0.29, 0.717) is 5.16 Å². The van der Waals surface area contributed by atoms with Gasteiger partial charge in [0, 0.05) is 11.8 Å². The zero-order valence-electron chi connectivity index (χ0n) is 9.32. The number of hydrogen-bond donors (Lipinski definition) is 2. The summed E-state index contributed by atoms with van der Waals surface area (Å²) in [7, 11) is 0. The molecule has 0 spiro atoms. The normalized spacial score (nSPS) is 12.6. The van der Waals surface area contributed by atoms with Crippen molar-refractivity contribution in [3.8, 4) is 11.4 Å². The van der Waals surface area contributed by atoms with E-state index in [4.69, 9.17) is 5.73 Å². The molecule has 0 radical (unpaired) electrons. The molecule has 1 aromatic carbocycles. The minimum absolute atomic E-state index is 0.0879. The van der Waals surface area contributed by atoms with Crippen molar-refractivity contribution in [3.63, 3.8) is 0 Å². The van der Waals surface area contributed by atoms with Gasteiger partial charge in [0.25, 0.3) is 0 Å². The average Bonchev–Trinajstić information content (AvgIpc) is 2.75. The van der Waals surface area contributed by atoms with Gasteiger partial charge in [-0.15, -0.1) is 5.10 Å². The maximum absolute atomic E-state index is 9.22. The highest BCUT2D eigenvalue weighted by Crippen LogP contribution is 2.19. The van der Waals surface area contributed by atoms with Crippen LogP contribution < -0.4 is 5.73 Å². The van der Waals surface area contributed by atoms with Crippen LogP contribution in [0.15, 0.2) is 29.4 Å². The SMILES string of the molecule is CC(N)CSc1nnnn1-c1ccc(O)cc1. The van der Waals surface area contributed by atoms with Gasteiger partial charge in [-0.1, -0.05) is 11.8 Å². The third-order valence-corrected chi connectivity index (χ3v) is 3.22. The van der Waals surface area contributed by atoms with Crippen molar-refractivity contribution in [2.75, 3.05) is 5.75 Å². The van der Waals surface area contributed by atoms with Crippen LogP contribution >= 0.6 is 11.8 Å². The largest absolute Gasteiger partial charge is 0.508 e. The molecule has 0 amide bonds. The molecule has 1 atom stereocenters. The Balaban J connectivity index is 2.21. The first-order valence-electron chi connectivity index (χ1n) is 5.13. The third-order valence-electron chi connectivity index (χ3n) is 2.01. The quantitative estimate of drug-likeness (QED) is 0.781. The van der Waals surface area contributed by atoms with Crippen molar-refractivity contribution in [1.82, 2.24) is 20.2 Å².